The van der Waals surface area contributed by atoms with Gasteiger partial charge in [-0.05, 0) is 42.3 Å². The molecule has 0 amide bonds. The standard InChI is InChI=1S/C23H28O5/c1-4-5-6-7-14-28-22-16-20(27-3)13-10-18(22)15-21(23(24)25)17-8-11-19(26-2)12-9-17/h8-13,15-16H,4-7,14H2,1-3H3,(H,24,25)/b21-15-. The first-order valence-electron chi connectivity index (χ1n) is 9.49. The van der Waals surface area contributed by atoms with Gasteiger partial charge in [0, 0.05) is 11.6 Å². The fraction of sp³-hybridized carbons (Fsp3) is 0.348. The first-order valence-corrected chi connectivity index (χ1v) is 9.49. The summed E-state index contributed by atoms with van der Waals surface area (Å²) >= 11 is 0. The molecule has 0 aliphatic heterocycles. The van der Waals surface area contributed by atoms with Crippen molar-refractivity contribution >= 4 is 17.6 Å². The Morgan fingerprint density at radius 1 is 0.964 bits per heavy atom. The van der Waals surface area contributed by atoms with E-state index < -0.39 is 5.97 Å². The van der Waals surface area contributed by atoms with E-state index in [0.717, 1.165) is 19.3 Å². The number of ether oxygens (including phenoxy) is 3. The van der Waals surface area contributed by atoms with Crippen LogP contribution in [0.1, 0.15) is 43.7 Å². The molecule has 0 radical (unpaired) electrons. The quantitative estimate of drug-likeness (QED) is 0.324. The number of carboxylic acids is 1. The van der Waals surface area contributed by atoms with E-state index >= 15 is 0 Å². The summed E-state index contributed by atoms with van der Waals surface area (Å²) < 4.78 is 16.4. The fourth-order valence-electron chi connectivity index (χ4n) is 2.79. The third-order valence-corrected chi connectivity index (χ3v) is 4.41. The van der Waals surface area contributed by atoms with Crippen LogP contribution in [-0.2, 0) is 4.79 Å². The molecule has 0 unspecified atom stereocenters. The summed E-state index contributed by atoms with van der Waals surface area (Å²) in [6, 6.07) is 12.3. The molecule has 0 saturated heterocycles. The molecule has 0 aromatic heterocycles. The van der Waals surface area contributed by atoms with Crippen molar-refractivity contribution in [1.29, 1.82) is 0 Å². The second-order valence-electron chi connectivity index (χ2n) is 6.40. The number of carboxylic acid groups (broad SMARTS) is 1. The predicted molar refractivity (Wildman–Crippen MR) is 111 cm³/mol. The van der Waals surface area contributed by atoms with Gasteiger partial charge in [0.2, 0.25) is 0 Å². The first-order chi connectivity index (χ1) is 13.6. The summed E-state index contributed by atoms with van der Waals surface area (Å²) in [7, 11) is 3.17. The predicted octanol–water partition coefficient (Wildman–Crippen LogP) is 5.29. The monoisotopic (exact) mass is 384 g/mol. The molecule has 5 heteroatoms. The molecule has 150 valence electrons. The molecule has 0 bridgehead atoms. The second kappa shape index (κ2) is 11.0. The minimum absolute atomic E-state index is 0.184. The Labute approximate surface area is 166 Å². The van der Waals surface area contributed by atoms with Crippen LogP contribution >= 0.6 is 0 Å². The number of methoxy groups -OCH3 is 2. The fourth-order valence-corrected chi connectivity index (χ4v) is 2.79. The van der Waals surface area contributed by atoms with Crippen LogP contribution in [0, 0.1) is 0 Å². The maximum Gasteiger partial charge on any atom is 0.336 e. The number of hydrogen-bond donors (Lipinski definition) is 1. The van der Waals surface area contributed by atoms with Crippen molar-refractivity contribution in [3.63, 3.8) is 0 Å². The largest absolute Gasteiger partial charge is 0.497 e. The molecule has 0 atom stereocenters. The topological polar surface area (TPSA) is 65.0 Å². The average molecular weight is 384 g/mol. The Balaban J connectivity index is 2.31. The van der Waals surface area contributed by atoms with Gasteiger partial charge in [-0.1, -0.05) is 38.3 Å². The van der Waals surface area contributed by atoms with Gasteiger partial charge < -0.3 is 19.3 Å². The highest BCUT2D eigenvalue weighted by molar-refractivity contribution is 6.20. The Hall–Kier alpha value is -2.95. The third-order valence-electron chi connectivity index (χ3n) is 4.41. The van der Waals surface area contributed by atoms with Gasteiger partial charge in [-0.3, -0.25) is 0 Å². The van der Waals surface area contributed by atoms with Gasteiger partial charge in [-0.2, -0.15) is 0 Å². The highest BCUT2D eigenvalue weighted by Gasteiger charge is 2.13. The molecule has 0 aliphatic carbocycles. The normalized spacial score (nSPS) is 11.2. The second-order valence-corrected chi connectivity index (χ2v) is 6.40. The van der Waals surface area contributed by atoms with Crippen molar-refractivity contribution in [2.24, 2.45) is 0 Å². The molecule has 0 saturated carbocycles. The lowest BCUT2D eigenvalue weighted by atomic mass is 10.0. The summed E-state index contributed by atoms with van der Waals surface area (Å²) in [5.41, 5.74) is 1.48. The van der Waals surface area contributed by atoms with Crippen molar-refractivity contribution in [2.45, 2.75) is 32.6 Å². The molecule has 2 aromatic rings. The van der Waals surface area contributed by atoms with Gasteiger partial charge in [-0.15, -0.1) is 0 Å². The van der Waals surface area contributed by atoms with Crippen molar-refractivity contribution < 1.29 is 24.1 Å². The summed E-state index contributed by atoms with van der Waals surface area (Å²) in [4.78, 5) is 11.9. The van der Waals surface area contributed by atoms with E-state index in [2.05, 4.69) is 6.92 Å². The van der Waals surface area contributed by atoms with Crippen LogP contribution in [0.15, 0.2) is 42.5 Å². The number of hydrogen-bond acceptors (Lipinski definition) is 4. The van der Waals surface area contributed by atoms with Gasteiger partial charge in [0.15, 0.2) is 0 Å². The number of carbonyl (C=O) groups is 1. The molecule has 0 fully saturated rings. The average Bonchev–Trinajstić information content (AvgIpc) is 2.72. The Bertz CT molecular complexity index is 793. The molecule has 0 heterocycles. The SMILES string of the molecule is CCCCCCOc1cc(OC)ccc1/C=C(\C(=O)O)c1ccc(OC)cc1. The van der Waals surface area contributed by atoms with E-state index in [1.165, 1.54) is 6.42 Å². The minimum Gasteiger partial charge on any atom is -0.497 e. The summed E-state index contributed by atoms with van der Waals surface area (Å²) in [5.74, 6) is 0.953. The molecular weight excluding hydrogens is 356 g/mol. The molecule has 2 aromatic carbocycles. The van der Waals surface area contributed by atoms with E-state index in [1.54, 1.807) is 56.7 Å². The van der Waals surface area contributed by atoms with Gasteiger partial charge in [-0.25, -0.2) is 4.79 Å². The lowest BCUT2D eigenvalue weighted by Gasteiger charge is -2.12. The number of rotatable bonds is 11. The smallest absolute Gasteiger partial charge is 0.336 e. The summed E-state index contributed by atoms with van der Waals surface area (Å²) in [6.07, 6.45) is 6.03. The highest BCUT2D eigenvalue weighted by atomic mass is 16.5. The third kappa shape index (κ3) is 6.05. The van der Waals surface area contributed by atoms with Gasteiger partial charge in [0.05, 0.1) is 26.4 Å². The first kappa shape index (κ1) is 21.4. The van der Waals surface area contributed by atoms with Crippen molar-refractivity contribution in [3.8, 4) is 17.2 Å². The molecule has 1 N–H and O–H groups in total. The number of aliphatic carboxylic acids is 1. The van der Waals surface area contributed by atoms with Crippen LogP contribution in [-0.4, -0.2) is 31.9 Å². The molecule has 0 spiro atoms. The maximum atomic E-state index is 11.9. The zero-order valence-corrected chi connectivity index (χ0v) is 16.7. The van der Waals surface area contributed by atoms with Gasteiger partial charge >= 0.3 is 5.97 Å². The number of unbranched alkanes of at least 4 members (excludes halogenated alkanes) is 3. The van der Waals surface area contributed by atoms with Crippen molar-refractivity contribution in [2.75, 3.05) is 20.8 Å². The van der Waals surface area contributed by atoms with Crippen LogP contribution < -0.4 is 14.2 Å². The molecule has 5 nitrogen and oxygen atoms in total. The van der Waals surface area contributed by atoms with E-state index in [4.69, 9.17) is 14.2 Å². The molecular formula is C23H28O5. The summed E-state index contributed by atoms with van der Waals surface area (Å²) in [5, 5.41) is 9.71. The minimum atomic E-state index is -1.00. The van der Waals surface area contributed by atoms with Crippen LogP contribution in [0.2, 0.25) is 0 Å². The Kier molecular flexibility index (Phi) is 8.40. The summed E-state index contributed by atoms with van der Waals surface area (Å²) in [6.45, 7) is 2.75. The van der Waals surface area contributed by atoms with Crippen molar-refractivity contribution in [1.82, 2.24) is 0 Å². The Morgan fingerprint density at radius 2 is 1.64 bits per heavy atom. The lowest BCUT2D eigenvalue weighted by molar-refractivity contribution is -0.130. The van der Waals surface area contributed by atoms with Crippen LogP contribution in [0.25, 0.3) is 11.6 Å². The molecule has 28 heavy (non-hydrogen) atoms. The van der Waals surface area contributed by atoms with Gasteiger partial charge in [0.1, 0.15) is 17.2 Å². The molecule has 0 aliphatic rings. The van der Waals surface area contributed by atoms with Crippen LogP contribution in [0.3, 0.4) is 0 Å². The molecule has 2 rings (SSSR count). The lowest BCUT2D eigenvalue weighted by Crippen LogP contribution is -2.02. The Morgan fingerprint density at radius 3 is 2.25 bits per heavy atom. The van der Waals surface area contributed by atoms with Crippen LogP contribution in [0.4, 0.5) is 0 Å². The van der Waals surface area contributed by atoms with E-state index in [1.807, 2.05) is 6.07 Å². The van der Waals surface area contributed by atoms with E-state index in [-0.39, 0.29) is 5.57 Å². The zero-order chi connectivity index (χ0) is 20.4. The number of benzene rings is 2. The van der Waals surface area contributed by atoms with E-state index in [0.29, 0.717) is 35.0 Å². The van der Waals surface area contributed by atoms with Gasteiger partial charge in [0.25, 0.3) is 0 Å². The zero-order valence-electron chi connectivity index (χ0n) is 16.7. The van der Waals surface area contributed by atoms with E-state index in [9.17, 15) is 9.90 Å². The maximum absolute atomic E-state index is 11.9. The van der Waals surface area contributed by atoms with Crippen LogP contribution in [0.5, 0.6) is 17.2 Å². The highest BCUT2D eigenvalue weighted by Crippen LogP contribution is 2.30. The van der Waals surface area contributed by atoms with Crippen molar-refractivity contribution in [3.05, 3.63) is 53.6 Å².